The lowest BCUT2D eigenvalue weighted by Gasteiger charge is -2.13. The Hall–Kier alpha value is -0.570. The second kappa shape index (κ2) is 6.39. The Morgan fingerprint density at radius 2 is 2.06 bits per heavy atom. The largest absolute Gasteiger partial charge is 0.374 e. The van der Waals surface area contributed by atoms with Gasteiger partial charge in [0.15, 0.2) is 0 Å². The molecule has 2 nitrogen and oxygen atoms in total. The minimum absolute atomic E-state index is 0.225. The van der Waals surface area contributed by atoms with E-state index in [2.05, 4.69) is 19.1 Å². The normalized spacial score (nSPS) is 24.1. The molecule has 0 N–H and O–H groups in total. The maximum absolute atomic E-state index is 5.76. The number of hydrogen-bond donors (Lipinski definition) is 0. The standard InChI is InChI=1S/C14H19ClO2/c1-11-4-2-3-5-12(11)9-16-10-14-7-6-13(8-15)17-14/h2-5,13-14H,6-10H2,1H3. The van der Waals surface area contributed by atoms with Gasteiger partial charge in [0, 0.05) is 5.88 Å². The number of benzene rings is 1. The van der Waals surface area contributed by atoms with E-state index in [0.717, 1.165) is 12.8 Å². The number of aryl methyl sites for hydroxylation is 1. The van der Waals surface area contributed by atoms with Gasteiger partial charge in [-0.05, 0) is 30.9 Å². The maximum atomic E-state index is 5.76. The van der Waals surface area contributed by atoms with E-state index in [4.69, 9.17) is 21.1 Å². The zero-order chi connectivity index (χ0) is 12.1. The topological polar surface area (TPSA) is 18.5 Å². The Kier molecular flexibility index (Phi) is 4.84. The highest BCUT2D eigenvalue weighted by atomic mass is 35.5. The molecule has 0 radical (unpaired) electrons. The number of halogens is 1. The average Bonchev–Trinajstić information content (AvgIpc) is 2.80. The SMILES string of the molecule is Cc1ccccc1COCC1CCC(CCl)O1. The molecule has 1 heterocycles. The zero-order valence-corrected chi connectivity index (χ0v) is 11.0. The van der Waals surface area contributed by atoms with Gasteiger partial charge in [0.2, 0.25) is 0 Å². The van der Waals surface area contributed by atoms with E-state index in [9.17, 15) is 0 Å². The minimum Gasteiger partial charge on any atom is -0.374 e. The zero-order valence-electron chi connectivity index (χ0n) is 10.2. The summed E-state index contributed by atoms with van der Waals surface area (Å²) in [5.41, 5.74) is 2.53. The minimum atomic E-state index is 0.225. The molecule has 3 heteroatoms. The molecule has 1 aromatic rings. The van der Waals surface area contributed by atoms with E-state index in [0.29, 0.717) is 19.1 Å². The van der Waals surface area contributed by atoms with E-state index in [1.54, 1.807) is 0 Å². The lowest BCUT2D eigenvalue weighted by molar-refractivity contribution is -0.0133. The Labute approximate surface area is 108 Å². The third-order valence-electron chi connectivity index (χ3n) is 3.19. The molecule has 1 aromatic carbocycles. The number of hydrogen-bond acceptors (Lipinski definition) is 2. The summed E-state index contributed by atoms with van der Waals surface area (Å²) in [6.07, 6.45) is 2.57. The van der Waals surface area contributed by atoms with Crippen LogP contribution in [-0.2, 0) is 16.1 Å². The smallest absolute Gasteiger partial charge is 0.0814 e. The summed E-state index contributed by atoms with van der Waals surface area (Å²) < 4.78 is 11.4. The van der Waals surface area contributed by atoms with E-state index < -0.39 is 0 Å². The van der Waals surface area contributed by atoms with Crippen LogP contribution < -0.4 is 0 Å². The van der Waals surface area contributed by atoms with Gasteiger partial charge in [-0.15, -0.1) is 11.6 Å². The first kappa shape index (κ1) is 12.9. The van der Waals surface area contributed by atoms with E-state index in [1.807, 2.05) is 12.1 Å². The van der Waals surface area contributed by atoms with Gasteiger partial charge in [-0.1, -0.05) is 24.3 Å². The van der Waals surface area contributed by atoms with Crippen LogP contribution in [0.5, 0.6) is 0 Å². The van der Waals surface area contributed by atoms with Crippen molar-refractivity contribution in [2.24, 2.45) is 0 Å². The molecule has 2 atom stereocenters. The van der Waals surface area contributed by atoms with Gasteiger partial charge < -0.3 is 9.47 Å². The molecular weight excluding hydrogens is 236 g/mol. The Bertz CT molecular complexity index is 354. The van der Waals surface area contributed by atoms with Crippen molar-refractivity contribution >= 4 is 11.6 Å². The first-order valence-electron chi connectivity index (χ1n) is 6.13. The van der Waals surface area contributed by atoms with Crippen LogP contribution in [0.4, 0.5) is 0 Å². The number of rotatable bonds is 5. The summed E-state index contributed by atoms with van der Waals surface area (Å²) in [4.78, 5) is 0. The van der Waals surface area contributed by atoms with Crippen LogP contribution >= 0.6 is 11.6 Å². The Morgan fingerprint density at radius 1 is 1.29 bits per heavy atom. The van der Waals surface area contributed by atoms with E-state index in [1.165, 1.54) is 11.1 Å². The first-order chi connectivity index (χ1) is 8.29. The Balaban J connectivity index is 1.72. The van der Waals surface area contributed by atoms with Crippen molar-refractivity contribution in [1.29, 1.82) is 0 Å². The number of ether oxygens (including phenoxy) is 2. The van der Waals surface area contributed by atoms with E-state index >= 15 is 0 Å². The van der Waals surface area contributed by atoms with Crippen molar-refractivity contribution in [2.75, 3.05) is 12.5 Å². The van der Waals surface area contributed by atoms with Gasteiger partial charge in [-0.3, -0.25) is 0 Å². The predicted molar refractivity (Wildman–Crippen MR) is 69.5 cm³/mol. The highest BCUT2D eigenvalue weighted by Crippen LogP contribution is 2.21. The summed E-state index contributed by atoms with van der Waals surface area (Å²) in [6, 6.07) is 8.30. The second-order valence-corrected chi connectivity index (χ2v) is 4.86. The summed E-state index contributed by atoms with van der Waals surface area (Å²) in [7, 11) is 0. The molecule has 0 amide bonds. The highest BCUT2D eigenvalue weighted by Gasteiger charge is 2.24. The van der Waals surface area contributed by atoms with Crippen LogP contribution in [0.25, 0.3) is 0 Å². The lowest BCUT2D eigenvalue weighted by Crippen LogP contribution is -2.17. The Morgan fingerprint density at radius 3 is 2.76 bits per heavy atom. The monoisotopic (exact) mass is 254 g/mol. The summed E-state index contributed by atoms with van der Waals surface area (Å²) in [6.45, 7) is 3.44. The molecule has 1 saturated heterocycles. The van der Waals surface area contributed by atoms with Crippen LogP contribution in [0.2, 0.25) is 0 Å². The molecular formula is C14H19ClO2. The van der Waals surface area contributed by atoms with Crippen molar-refractivity contribution in [3.63, 3.8) is 0 Å². The molecule has 0 spiro atoms. The summed E-state index contributed by atoms with van der Waals surface area (Å²) in [5.74, 6) is 0.592. The van der Waals surface area contributed by atoms with Crippen molar-refractivity contribution in [2.45, 2.75) is 38.6 Å². The molecule has 2 unspecified atom stereocenters. The van der Waals surface area contributed by atoms with Crippen LogP contribution in [0.1, 0.15) is 24.0 Å². The molecule has 1 aliphatic rings. The van der Waals surface area contributed by atoms with Crippen LogP contribution in [-0.4, -0.2) is 24.7 Å². The highest BCUT2D eigenvalue weighted by molar-refractivity contribution is 6.18. The summed E-state index contributed by atoms with van der Waals surface area (Å²) in [5, 5.41) is 0. The van der Waals surface area contributed by atoms with Gasteiger partial charge in [-0.25, -0.2) is 0 Å². The van der Waals surface area contributed by atoms with Gasteiger partial charge in [0.1, 0.15) is 0 Å². The fourth-order valence-electron chi connectivity index (χ4n) is 2.09. The molecule has 0 aliphatic carbocycles. The third kappa shape index (κ3) is 3.70. The average molecular weight is 255 g/mol. The lowest BCUT2D eigenvalue weighted by atomic mass is 10.1. The van der Waals surface area contributed by atoms with Crippen molar-refractivity contribution in [1.82, 2.24) is 0 Å². The van der Waals surface area contributed by atoms with Crippen molar-refractivity contribution in [3.8, 4) is 0 Å². The molecule has 0 aromatic heterocycles. The van der Waals surface area contributed by atoms with Crippen molar-refractivity contribution in [3.05, 3.63) is 35.4 Å². The quantitative estimate of drug-likeness (QED) is 0.751. The molecule has 0 bridgehead atoms. The van der Waals surface area contributed by atoms with Crippen LogP contribution in [0.3, 0.4) is 0 Å². The third-order valence-corrected chi connectivity index (χ3v) is 3.53. The van der Waals surface area contributed by atoms with Crippen LogP contribution in [0.15, 0.2) is 24.3 Å². The molecule has 2 rings (SSSR count). The molecule has 1 fully saturated rings. The maximum Gasteiger partial charge on any atom is 0.0814 e. The fraction of sp³-hybridized carbons (Fsp3) is 0.571. The summed E-state index contributed by atoms with van der Waals surface area (Å²) >= 11 is 5.76. The molecule has 1 aliphatic heterocycles. The first-order valence-corrected chi connectivity index (χ1v) is 6.66. The van der Waals surface area contributed by atoms with Gasteiger partial charge in [0.25, 0.3) is 0 Å². The van der Waals surface area contributed by atoms with E-state index in [-0.39, 0.29) is 12.2 Å². The molecule has 17 heavy (non-hydrogen) atoms. The molecule has 94 valence electrons. The van der Waals surface area contributed by atoms with Gasteiger partial charge >= 0.3 is 0 Å². The van der Waals surface area contributed by atoms with Gasteiger partial charge in [-0.2, -0.15) is 0 Å². The van der Waals surface area contributed by atoms with Crippen LogP contribution in [0, 0.1) is 6.92 Å². The van der Waals surface area contributed by atoms with Crippen molar-refractivity contribution < 1.29 is 9.47 Å². The predicted octanol–water partition coefficient (Wildman–Crippen LogP) is 3.30. The van der Waals surface area contributed by atoms with Gasteiger partial charge in [0.05, 0.1) is 25.4 Å². The number of alkyl halides is 1. The second-order valence-electron chi connectivity index (χ2n) is 4.55. The molecule has 0 saturated carbocycles. The fourth-order valence-corrected chi connectivity index (χ4v) is 2.32.